The highest BCUT2D eigenvalue weighted by molar-refractivity contribution is 9.10. The number of rotatable bonds is 4. The molecule has 0 amide bonds. The molecule has 0 atom stereocenters. The molecule has 3 aromatic carbocycles. The summed E-state index contributed by atoms with van der Waals surface area (Å²) in [7, 11) is 0. The van der Waals surface area contributed by atoms with Crippen LogP contribution in [0.5, 0.6) is 0 Å². The van der Waals surface area contributed by atoms with Crippen molar-refractivity contribution in [3.05, 3.63) is 90.8 Å². The van der Waals surface area contributed by atoms with Crippen LogP contribution in [0.25, 0.3) is 0 Å². The van der Waals surface area contributed by atoms with Crippen molar-refractivity contribution in [2.75, 3.05) is 0 Å². The van der Waals surface area contributed by atoms with Crippen LogP contribution < -0.4 is 0 Å². The van der Waals surface area contributed by atoms with E-state index in [1.165, 1.54) is 0 Å². The van der Waals surface area contributed by atoms with Crippen LogP contribution in [0, 0.1) is 0 Å². The van der Waals surface area contributed by atoms with Gasteiger partial charge in [-0.1, -0.05) is 79.3 Å². The lowest BCUT2D eigenvalue weighted by Crippen LogP contribution is -1.84. The maximum Gasteiger partial charge on any atom is 0.0816 e. The molecule has 0 fully saturated rings. The second-order valence-electron chi connectivity index (χ2n) is 5.37. The number of nitrogens with zero attached hydrogens (tertiary/aromatic N) is 2. The third kappa shape index (κ3) is 5.27. The molecule has 3 rings (SSSR count). The van der Waals surface area contributed by atoms with Gasteiger partial charge in [0.1, 0.15) is 0 Å². The predicted molar refractivity (Wildman–Crippen MR) is 119 cm³/mol. The van der Waals surface area contributed by atoms with Gasteiger partial charge in [-0.25, -0.2) is 0 Å². The van der Waals surface area contributed by atoms with Gasteiger partial charge in [0.25, 0.3) is 0 Å². The fourth-order valence-corrected chi connectivity index (χ4v) is 3.57. The van der Waals surface area contributed by atoms with Crippen molar-refractivity contribution in [2.24, 2.45) is 9.98 Å². The van der Waals surface area contributed by atoms with Crippen LogP contribution >= 0.6 is 55.1 Å². The minimum atomic E-state index is 0.603. The molecule has 130 valence electrons. The Kier molecular flexibility index (Phi) is 6.65. The molecule has 0 unspecified atom stereocenters. The van der Waals surface area contributed by atoms with Gasteiger partial charge in [0.15, 0.2) is 0 Å². The van der Waals surface area contributed by atoms with Crippen molar-refractivity contribution in [3.63, 3.8) is 0 Å². The molecule has 26 heavy (non-hydrogen) atoms. The lowest BCUT2D eigenvalue weighted by atomic mass is 10.1. The summed E-state index contributed by atoms with van der Waals surface area (Å²) in [6.45, 7) is 0. The molecule has 0 saturated carbocycles. The molecular formula is C20H12Br2Cl2N2. The summed E-state index contributed by atoms with van der Waals surface area (Å²) in [4.78, 5) is 8.85. The highest BCUT2D eigenvalue weighted by atomic mass is 79.9. The zero-order valence-electron chi connectivity index (χ0n) is 13.3. The summed E-state index contributed by atoms with van der Waals surface area (Å²) < 4.78 is 1.85. The fourth-order valence-electron chi connectivity index (χ4n) is 2.13. The number of hydrogen-bond acceptors (Lipinski definition) is 2. The van der Waals surface area contributed by atoms with E-state index in [9.17, 15) is 0 Å². The molecule has 0 aliphatic carbocycles. The first kappa shape index (κ1) is 19.3. The van der Waals surface area contributed by atoms with E-state index in [0.717, 1.165) is 31.4 Å². The predicted octanol–water partition coefficient (Wildman–Crippen LogP) is 8.02. The fraction of sp³-hybridized carbons (Fsp3) is 0. The molecule has 0 aliphatic heterocycles. The molecular weight excluding hydrogens is 499 g/mol. The molecule has 0 spiro atoms. The second-order valence-corrected chi connectivity index (χ2v) is 8.02. The van der Waals surface area contributed by atoms with Crippen LogP contribution in [0.2, 0.25) is 10.0 Å². The zero-order valence-corrected chi connectivity index (χ0v) is 18.0. The van der Waals surface area contributed by atoms with E-state index in [4.69, 9.17) is 23.2 Å². The van der Waals surface area contributed by atoms with Gasteiger partial charge in [0, 0.05) is 21.4 Å². The first-order chi connectivity index (χ1) is 12.5. The van der Waals surface area contributed by atoms with Gasteiger partial charge in [-0.3, -0.25) is 9.98 Å². The molecule has 0 saturated heterocycles. The first-order valence-corrected chi connectivity index (χ1v) is 9.94. The highest BCUT2D eigenvalue weighted by Gasteiger charge is 2.00. The highest BCUT2D eigenvalue weighted by Crippen LogP contribution is 2.29. The van der Waals surface area contributed by atoms with Crippen LogP contribution in [0.3, 0.4) is 0 Å². The minimum absolute atomic E-state index is 0.603. The third-order valence-electron chi connectivity index (χ3n) is 3.46. The van der Waals surface area contributed by atoms with Crippen molar-refractivity contribution in [1.29, 1.82) is 0 Å². The Labute approximate surface area is 178 Å². The number of hydrogen-bond donors (Lipinski definition) is 0. The van der Waals surface area contributed by atoms with Gasteiger partial charge in [-0.2, -0.15) is 0 Å². The Morgan fingerprint density at radius 1 is 0.615 bits per heavy atom. The van der Waals surface area contributed by atoms with E-state index in [1.807, 2.05) is 60.7 Å². The Bertz CT molecular complexity index is 903. The smallest absolute Gasteiger partial charge is 0.0816 e. The van der Waals surface area contributed by atoms with Crippen LogP contribution in [0.4, 0.5) is 11.4 Å². The van der Waals surface area contributed by atoms with Crippen molar-refractivity contribution in [2.45, 2.75) is 0 Å². The van der Waals surface area contributed by atoms with Crippen LogP contribution in [-0.2, 0) is 0 Å². The molecule has 0 N–H and O–H groups in total. The average Bonchev–Trinajstić information content (AvgIpc) is 2.61. The van der Waals surface area contributed by atoms with Crippen molar-refractivity contribution >= 4 is 78.9 Å². The SMILES string of the molecule is Clc1cc(Br)ccc1N=Cc1ccc(C=Nc2ccc(Br)cc2Cl)cc1. The number of benzene rings is 3. The first-order valence-electron chi connectivity index (χ1n) is 7.59. The van der Waals surface area contributed by atoms with E-state index in [1.54, 1.807) is 12.4 Å². The average molecular weight is 511 g/mol. The number of aliphatic imine (C=N–C) groups is 2. The summed E-state index contributed by atoms with van der Waals surface area (Å²) in [6, 6.07) is 19.1. The van der Waals surface area contributed by atoms with E-state index in [2.05, 4.69) is 41.8 Å². The number of halogens is 4. The van der Waals surface area contributed by atoms with Gasteiger partial charge in [0.2, 0.25) is 0 Å². The van der Waals surface area contributed by atoms with Gasteiger partial charge < -0.3 is 0 Å². The minimum Gasteiger partial charge on any atom is -0.255 e. The van der Waals surface area contributed by atoms with Gasteiger partial charge in [0.05, 0.1) is 21.4 Å². The lowest BCUT2D eigenvalue weighted by Gasteiger charge is -2.00. The summed E-state index contributed by atoms with van der Waals surface area (Å²) in [6.07, 6.45) is 3.56. The van der Waals surface area contributed by atoms with Crippen LogP contribution in [0.1, 0.15) is 11.1 Å². The van der Waals surface area contributed by atoms with Gasteiger partial charge in [-0.15, -0.1) is 0 Å². The zero-order chi connectivity index (χ0) is 18.5. The molecule has 0 aliphatic rings. The van der Waals surface area contributed by atoms with Crippen LogP contribution in [0.15, 0.2) is 79.6 Å². The van der Waals surface area contributed by atoms with Crippen molar-refractivity contribution in [1.82, 2.24) is 0 Å². The standard InChI is InChI=1S/C20H12Br2Cl2N2/c21-15-5-7-19(17(23)9-15)25-11-13-1-2-14(4-3-13)12-26-20-8-6-16(22)10-18(20)24/h1-12H. The van der Waals surface area contributed by atoms with E-state index >= 15 is 0 Å². The summed E-state index contributed by atoms with van der Waals surface area (Å²) in [5, 5.41) is 1.21. The molecule has 0 radical (unpaired) electrons. The van der Waals surface area contributed by atoms with E-state index in [0.29, 0.717) is 10.0 Å². The van der Waals surface area contributed by atoms with Crippen LogP contribution in [-0.4, -0.2) is 12.4 Å². The molecule has 6 heteroatoms. The van der Waals surface area contributed by atoms with E-state index in [-0.39, 0.29) is 0 Å². The molecule has 0 heterocycles. The summed E-state index contributed by atoms with van der Waals surface area (Å²) >= 11 is 19.1. The second kappa shape index (κ2) is 8.96. The maximum atomic E-state index is 6.17. The summed E-state index contributed by atoms with van der Waals surface area (Å²) in [5.74, 6) is 0. The molecule has 2 nitrogen and oxygen atoms in total. The largest absolute Gasteiger partial charge is 0.255 e. The Hall–Kier alpha value is -1.46. The Balaban J connectivity index is 1.72. The Morgan fingerprint density at radius 2 is 1.00 bits per heavy atom. The molecule has 0 aromatic heterocycles. The third-order valence-corrected chi connectivity index (χ3v) is 5.05. The van der Waals surface area contributed by atoms with Crippen molar-refractivity contribution < 1.29 is 0 Å². The molecule has 3 aromatic rings. The quantitative estimate of drug-likeness (QED) is 0.317. The maximum absolute atomic E-state index is 6.17. The lowest BCUT2D eigenvalue weighted by molar-refractivity contribution is 1.50. The summed E-state index contributed by atoms with van der Waals surface area (Å²) in [5.41, 5.74) is 3.40. The van der Waals surface area contributed by atoms with Gasteiger partial charge in [-0.05, 0) is 47.5 Å². The monoisotopic (exact) mass is 508 g/mol. The topological polar surface area (TPSA) is 24.7 Å². The normalized spacial score (nSPS) is 11.5. The van der Waals surface area contributed by atoms with Gasteiger partial charge >= 0.3 is 0 Å². The Morgan fingerprint density at radius 3 is 1.35 bits per heavy atom. The molecule has 0 bridgehead atoms. The van der Waals surface area contributed by atoms with Crippen molar-refractivity contribution in [3.8, 4) is 0 Å². The van der Waals surface area contributed by atoms with E-state index < -0.39 is 0 Å².